The second kappa shape index (κ2) is 5.47. The first-order chi connectivity index (χ1) is 11.6. The highest BCUT2D eigenvalue weighted by Crippen LogP contribution is 2.25. The Kier molecular flexibility index (Phi) is 3.28. The van der Waals surface area contributed by atoms with Gasteiger partial charge in [0.15, 0.2) is 11.4 Å². The third kappa shape index (κ3) is 2.40. The SMILES string of the molecule is CC(O)c1cccc(-c2cc3nc(-c4ccco4)nn3c(N)n2)c1. The van der Waals surface area contributed by atoms with Crippen LogP contribution in [0.2, 0.25) is 0 Å². The van der Waals surface area contributed by atoms with Gasteiger partial charge in [0, 0.05) is 11.6 Å². The molecule has 0 aliphatic rings. The van der Waals surface area contributed by atoms with Crippen molar-refractivity contribution in [3.8, 4) is 22.8 Å². The van der Waals surface area contributed by atoms with Crippen LogP contribution in [0, 0.1) is 0 Å². The molecule has 0 aliphatic heterocycles. The van der Waals surface area contributed by atoms with E-state index in [4.69, 9.17) is 10.2 Å². The topological polar surface area (TPSA) is 102 Å². The van der Waals surface area contributed by atoms with Crippen LogP contribution in [0.4, 0.5) is 5.95 Å². The van der Waals surface area contributed by atoms with Gasteiger partial charge in [-0.05, 0) is 30.7 Å². The van der Waals surface area contributed by atoms with Gasteiger partial charge in [-0.25, -0.2) is 9.97 Å². The second-order valence-corrected chi connectivity index (χ2v) is 5.48. The average Bonchev–Trinajstić information content (AvgIpc) is 3.24. The molecular formula is C17H15N5O2. The summed E-state index contributed by atoms with van der Waals surface area (Å²) in [6, 6.07) is 12.9. The predicted octanol–water partition coefficient (Wildman–Crippen LogP) is 2.69. The van der Waals surface area contributed by atoms with Crippen LogP contribution in [0.25, 0.3) is 28.5 Å². The van der Waals surface area contributed by atoms with Gasteiger partial charge in [0.25, 0.3) is 0 Å². The number of furan rings is 1. The van der Waals surface area contributed by atoms with Crippen molar-refractivity contribution in [2.75, 3.05) is 5.73 Å². The van der Waals surface area contributed by atoms with Gasteiger partial charge in [-0.2, -0.15) is 4.52 Å². The van der Waals surface area contributed by atoms with E-state index in [0.29, 0.717) is 22.9 Å². The Balaban J connectivity index is 1.84. The summed E-state index contributed by atoms with van der Waals surface area (Å²) in [7, 11) is 0. The van der Waals surface area contributed by atoms with E-state index < -0.39 is 6.10 Å². The van der Waals surface area contributed by atoms with Gasteiger partial charge >= 0.3 is 0 Å². The maximum atomic E-state index is 9.75. The summed E-state index contributed by atoms with van der Waals surface area (Å²) in [5, 5.41) is 14.1. The van der Waals surface area contributed by atoms with Crippen molar-refractivity contribution in [1.29, 1.82) is 0 Å². The van der Waals surface area contributed by atoms with Crippen LogP contribution in [0.15, 0.2) is 53.1 Å². The van der Waals surface area contributed by atoms with Crippen molar-refractivity contribution in [1.82, 2.24) is 19.6 Å². The molecule has 4 aromatic rings. The van der Waals surface area contributed by atoms with Crippen LogP contribution in [-0.4, -0.2) is 24.7 Å². The fourth-order valence-corrected chi connectivity index (χ4v) is 2.53. The van der Waals surface area contributed by atoms with Crippen molar-refractivity contribution in [3.05, 3.63) is 54.3 Å². The van der Waals surface area contributed by atoms with Crippen molar-refractivity contribution < 1.29 is 9.52 Å². The van der Waals surface area contributed by atoms with E-state index in [-0.39, 0.29) is 5.95 Å². The molecule has 1 atom stereocenters. The Morgan fingerprint density at radius 3 is 2.79 bits per heavy atom. The first-order valence-electron chi connectivity index (χ1n) is 7.47. The second-order valence-electron chi connectivity index (χ2n) is 5.48. The van der Waals surface area contributed by atoms with Gasteiger partial charge in [-0.15, -0.1) is 5.10 Å². The highest BCUT2D eigenvalue weighted by molar-refractivity contribution is 5.67. The van der Waals surface area contributed by atoms with Crippen LogP contribution < -0.4 is 5.73 Å². The Labute approximate surface area is 137 Å². The third-order valence-electron chi connectivity index (χ3n) is 3.76. The monoisotopic (exact) mass is 321 g/mol. The minimum atomic E-state index is -0.551. The molecule has 7 heteroatoms. The fraction of sp³-hybridized carbons (Fsp3) is 0.118. The minimum Gasteiger partial charge on any atom is -0.461 e. The van der Waals surface area contributed by atoms with Crippen LogP contribution in [0.3, 0.4) is 0 Å². The lowest BCUT2D eigenvalue weighted by Crippen LogP contribution is -2.03. The van der Waals surface area contributed by atoms with Gasteiger partial charge in [-0.3, -0.25) is 0 Å². The molecular weight excluding hydrogens is 306 g/mol. The van der Waals surface area contributed by atoms with Gasteiger partial charge in [-0.1, -0.05) is 18.2 Å². The standard InChI is InChI=1S/C17H15N5O2/c1-10(23)11-4-2-5-12(8-11)13-9-15-20-16(14-6-3-7-24-14)21-22(15)17(18)19-13/h2-10,23H,1H3,(H2,18,19). The number of hydrogen-bond donors (Lipinski definition) is 2. The molecule has 0 radical (unpaired) electrons. The molecule has 1 aromatic carbocycles. The Morgan fingerprint density at radius 2 is 2.04 bits per heavy atom. The summed E-state index contributed by atoms with van der Waals surface area (Å²) in [4.78, 5) is 8.84. The van der Waals surface area contributed by atoms with Crippen LogP contribution in [0.1, 0.15) is 18.6 Å². The zero-order valence-electron chi connectivity index (χ0n) is 12.9. The number of hydrogen-bond acceptors (Lipinski definition) is 6. The lowest BCUT2D eigenvalue weighted by Gasteiger charge is -2.08. The molecule has 4 rings (SSSR count). The Bertz CT molecular complexity index is 1010. The summed E-state index contributed by atoms with van der Waals surface area (Å²) in [5.74, 6) is 1.24. The molecule has 7 nitrogen and oxygen atoms in total. The van der Waals surface area contributed by atoms with E-state index in [1.807, 2.05) is 24.3 Å². The van der Waals surface area contributed by atoms with Crippen molar-refractivity contribution in [2.45, 2.75) is 13.0 Å². The van der Waals surface area contributed by atoms with Crippen molar-refractivity contribution >= 4 is 11.6 Å². The van der Waals surface area contributed by atoms with Gasteiger partial charge in [0.1, 0.15) is 0 Å². The van der Waals surface area contributed by atoms with Gasteiger partial charge in [0.2, 0.25) is 11.8 Å². The smallest absolute Gasteiger partial charge is 0.223 e. The minimum absolute atomic E-state index is 0.232. The van der Waals surface area contributed by atoms with Gasteiger partial charge in [0.05, 0.1) is 18.1 Å². The van der Waals surface area contributed by atoms with E-state index in [1.54, 1.807) is 31.4 Å². The molecule has 3 aromatic heterocycles. The highest BCUT2D eigenvalue weighted by atomic mass is 16.3. The van der Waals surface area contributed by atoms with Crippen LogP contribution in [0.5, 0.6) is 0 Å². The quantitative estimate of drug-likeness (QED) is 0.601. The lowest BCUT2D eigenvalue weighted by atomic mass is 10.0. The summed E-state index contributed by atoms with van der Waals surface area (Å²) >= 11 is 0. The molecule has 0 aliphatic carbocycles. The summed E-state index contributed by atoms with van der Waals surface area (Å²) < 4.78 is 6.79. The number of nitrogens with two attached hydrogens (primary N) is 1. The molecule has 120 valence electrons. The van der Waals surface area contributed by atoms with Crippen molar-refractivity contribution in [3.63, 3.8) is 0 Å². The molecule has 0 amide bonds. The van der Waals surface area contributed by atoms with Crippen LogP contribution in [-0.2, 0) is 0 Å². The number of nitrogen functional groups attached to an aromatic ring is 1. The molecule has 3 N–H and O–H groups in total. The van der Waals surface area contributed by atoms with E-state index >= 15 is 0 Å². The zero-order chi connectivity index (χ0) is 16.7. The number of nitrogens with zero attached hydrogens (tertiary/aromatic N) is 4. The average molecular weight is 321 g/mol. The first kappa shape index (κ1) is 14.4. The molecule has 0 saturated carbocycles. The van der Waals surface area contributed by atoms with Crippen LogP contribution >= 0.6 is 0 Å². The number of rotatable bonds is 3. The number of aliphatic hydroxyl groups excluding tert-OH is 1. The Hall–Kier alpha value is -3.19. The van der Waals surface area contributed by atoms with Gasteiger partial charge < -0.3 is 15.3 Å². The summed E-state index contributed by atoms with van der Waals surface area (Å²) in [5.41, 5.74) is 8.93. The molecule has 3 heterocycles. The van der Waals surface area contributed by atoms with E-state index in [9.17, 15) is 5.11 Å². The molecule has 1 unspecified atom stereocenters. The highest BCUT2D eigenvalue weighted by Gasteiger charge is 2.13. The van der Waals surface area contributed by atoms with Crippen molar-refractivity contribution in [2.24, 2.45) is 0 Å². The number of aromatic nitrogens is 4. The number of aliphatic hydroxyl groups is 1. The molecule has 0 bridgehead atoms. The number of fused-ring (bicyclic) bond motifs is 1. The number of benzene rings is 1. The molecule has 0 fully saturated rings. The van der Waals surface area contributed by atoms with E-state index in [0.717, 1.165) is 11.1 Å². The first-order valence-corrected chi connectivity index (χ1v) is 7.47. The summed E-state index contributed by atoms with van der Waals surface area (Å²) in [6.07, 6.45) is 1.01. The molecule has 0 spiro atoms. The Morgan fingerprint density at radius 1 is 1.17 bits per heavy atom. The molecule has 24 heavy (non-hydrogen) atoms. The molecule has 0 saturated heterocycles. The normalized spacial score (nSPS) is 12.6. The fourth-order valence-electron chi connectivity index (χ4n) is 2.53. The third-order valence-corrected chi connectivity index (χ3v) is 3.76. The predicted molar refractivity (Wildman–Crippen MR) is 89.0 cm³/mol. The zero-order valence-corrected chi connectivity index (χ0v) is 12.9. The number of anilines is 1. The van der Waals surface area contributed by atoms with E-state index in [1.165, 1.54) is 4.52 Å². The summed E-state index contributed by atoms with van der Waals surface area (Å²) in [6.45, 7) is 1.72. The lowest BCUT2D eigenvalue weighted by molar-refractivity contribution is 0.199. The largest absolute Gasteiger partial charge is 0.461 e. The maximum Gasteiger partial charge on any atom is 0.223 e. The maximum absolute atomic E-state index is 9.75. The van der Waals surface area contributed by atoms with E-state index in [2.05, 4.69) is 15.1 Å².